The summed E-state index contributed by atoms with van der Waals surface area (Å²) in [6.07, 6.45) is 3.38. The quantitative estimate of drug-likeness (QED) is 0.809. The minimum atomic E-state index is 0.286. The molecule has 0 fully saturated rings. The van der Waals surface area contributed by atoms with Crippen molar-refractivity contribution in [2.45, 2.75) is 6.54 Å². The van der Waals surface area contributed by atoms with E-state index in [1.54, 1.807) is 19.5 Å². The van der Waals surface area contributed by atoms with E-state index < -0.39 is 0 Å². The zero-order chi connectivity index (χ0) is 13.7. The molecule has 2 aromatic heterocycles. The highest BCUT2D eigenvalue weighted by molar-refractivity contribution is 7.80. The van der Waals surface area contributed by atoms with Crippen molar-refractivity contribution >= 4 is 22.9 Å². The van der Waals surface area contributed by atoms with Crippen LogP contribution in [-0.4, -0.2) is 22.1 Å². The van der Waals surface area contributed by atoms with Crippen molar-refractivity contribution in [2.24, 2.45) is 5.73 Å². The number of ether oxygens (including phenoxy) is 1. The van der Waals surface area contributed by atoms with Crippen molar-refractivity contribution < 1.29 is 4.74 Å². The molecule has 3 N–H and O–H groups in total. The van der Waals surface area contributed by atoms with Crippen LogP contribution in [0.3, 0.4) is 0 Å². The summed E-state index contributed by atoms with van der Waals surface area (Å²) in [5.41, 5.74) is 8.13. The van der Waals surface area contributed by atoms with Gasteiger partial charge in [-0.1, -0.05) is 12.2 Å². The van der Waals surface area contributed by atoms with E-state index in [0.717, 1.165) is 11.3 Å². The summed E-state index contributed by atoms with van der Waals surface area (Å²) in [6, 6.07) is 7.48. The second kappa shape index (κ2) is 6.10. The number of hydrogen-bond acceptors (Lipinski definition) is 5. The molecule has 5 nitrogen and oxygen atoms in total. The van der Waals surface area contributed by atoms with Crippen LogP contribution in [0, 0.1) is 0 Å². The monoisotopic (exact) mass is 274 g/mol. The fourth-order valence-corrected chi connectivity index (χ4v) is 1.66. The summed E-state index contributed by atoms with van der Waals surface area (Å²) >= 11 is 4.89. The number of thiocarbonyl (C=S) groups is 1. The third-order valence-corrected chi connectivity index (χ3v) is 2.73. The Kier molecular flexibility index (Phi) is 4.25. The number of rotatable bonds is 5. The van der Waals surface area contributed by atoms with Gasteiger partial charge in [0, 0.05) is 30.7 Å². The van der Waals surface area contributed by atoms with Crippen LogP contribution < -0.4 is 15.8 Å². The maximum absolute atomic E-state index is 5.54. The van der Waals surface area contributed by atoms with Gasteiger partial charge in [-0.3, -0.25) is 4.98 Å². The highest BCUT2D eigenvalue weighted by atomic mass is 32.1. The van der Waals surface area contributed by atoms with Crippen molar-refractivity contribution in [1.29, 1.82) is 0 Å². The SMILES string of the molecule is COc1cc(CNc2ccnc(C(N)=S)c2)ccn1. The molecule has 0 spiro atoms. The fraction of sp³-hybridized carbons (Fsp3) is 0.154. The molecule has 0 radical (unpaired) electrons. The molecule has 2 aromatic rings. The minimum Gasteiger partial charge on any atom is -0.481 e. The van der Waals surface area contributed by atoms with Gasteiger partial charge in [0.25, 0.3) is 0 Å². The predicted octanol–water partition coefficient (Wildman–Crippen LogP) is 1.73. The van der Waals surface area contributed by atoms with Gasteiger partial charge in [-0.15, -0.1) is 0 Å². The Balaban J connectivity index is 2.05. The summed E-state index contributed by atoms with van der Waals surface area (Å²) < 4.78 is 5.07. The van der Waals surface area contributed by atoms with Gasteiger partial charge in [-0.25, -0.2) is 4.98 Å². The second-order valence-corrected chi connectivity index (χ2v) is 4.29. The molecule has 0 amide bonds. The van der Waals surface area contributed by atoms with Crippen LogP contribution in [0.25, 0.3) is 0 Å². The zero-order valence-electron chi connectivity index (χ0n) is 10.5. The molecule has 0 unspecified atom stereocenters. The molecule has 19 heavy (non-hydrogen) atoms. The van der Waals surface area contributed by atoms with E-state index >= 15 is 0 Å². The van der Waals surface area contributed by atoms with Gasteiger partial charge in [-0.05, 0) is 23.8 Å². The average molecular weight is 274 g/mol. The first-order valence-corrected chi connectivity index (χ1v) is 6.08. The average Bonchev–Trinajstić information content (AvgIpc) is 2.45. The summed E-state index contributed by atoms with van der Waals surface area (Å²) in [5.74, 6) is 0.595. The molecule has 0 bridgehead atoms. The fourth-order valence-electron chi connectivity index (χ4n) is 1.55. The van der Waals surface area contributed by atoms with E-state index in [4.69, 9.17) is 22.7 Å². The Labute approximate surface area is 116 Å². The number of hydrogen-bond donors (Lipinski definition) is 2. The van der Waals surface area contributed by atoms with E-state index in [0.29, 0.717) is 18.1 Å². The van der Waals surface area contributed by atoms with Gasteiger partial charge in [-0.2, -0.15) is 0 Å². The molecule has 2 heterocycles. The summed E-state index contributed by atoms with van der Waals surface area (Å²) in [4.78, 5) is 8.43. The molecule has 0 atom stereocenters. The van der Waals surface area contributed by atoms with Crippen LogP contribution in [-0.2, 0) is 6.54 Å². The van der Waals surface area contributed by atoms with E-state index in [1.165, 1.54) is 0 Å². The standard InChI is InChI=1S/C13H14N4OS/c1-18-12-6-9(2-4-16-12)8-17-10-3-5-15-11(7-10)13(14)19/h2-7H,8H2,1H3,(H2,14,19)(H,15,17). The Hall–Kier alpha value is -2.21. The van der Waals surface area contributed by atoms with Crippen LogP contribution >= 0.6 is 12.2 Å². The highest BCUT2D eigenvalue weighted by Gasteiger charge is 2.01. The molecule has 0 saturated carbocycles. The molecule has 0 saturated heterocycles. The first-order chi connectivity index (χ1) is 9.19. The van der Waals surface area contributed by atoms with Crippen molar-refractivity contribution in [3.05, 3.63) is 47.9 Å². The minimum absolute atomic E-state index is 0.286. The predicted molar refractivity (Wildman–Crippen MR) is 78.2 cm³/mol. The molecule has 0 aromatic carbocycles. The van der Waals surface area contributed by atoms with Crippen molar-refractivity contribution in [3.63, 3.8) is 0 Å². The van der Waals surface area contributed by atoms with Crippen LogP contribution in [0.2, 0.25) is 0 Å². The van der Waals surface area contributed by atoms with Gasteiger partial charge in [0.05, 0.1) is 12.8 Å². The number of anilines is 1. The largest absolute Gasteiger partial charge is 0.481 e. The van der Waals surface area contributed by atoms with E-state index in [-0.39, 0.29) is 4.99 Å². The van der Waals surface area contributed by atoms with Crippen LogP contribution in [0.4, 0.5) is 5.69 Å². The maximum Gasteiger partial charge on any atom is 0.213 e. The maximum atomic E-state index is 5.54. The van der Waals surface area contributed by atoms with Gasteiger partial charge in [0.15, 0.2) is 0 Å². The number of pyridine rings is 2. The number of nitrogens with one attached hydrogen (secondary N) is 1. The Bertz CT molecular complexity index is 588. The number of nitrogens with two attached hydrogens (primary N) is 1. The highest BCUT2D eigenvalue weighted by Crippen LogP contribution is 2.12. The normalized spacial score (nSPS) is 9.95. The smallest absolute Gasteiger partial charge is 0.213 e. The Morgan fingerprint density at radius 2 is 2.11 bits per heavy atom. The first-order valence-electron chi connectivity index (χ1n) is 5.67. The van der Waals surface area contributed by atoms with Crippen molar-refractivity contribution in [3.8, 4) is 5.88 Å². The molecular weight excluding hydrogens is 260 g/mol. The molecule has 0 aliphatic rings. The van der Waals surface area contributed by atoms with Crippen LogP contribution in [0.1, 0.15) is 11.3 Å². The number of aromatic nitrogens is 2. The molecule has 98 valence electrons. The van der Waals surface area contributed by atoms with Crippen molar-refractivity contribution in [1.82, 2.24) is 9.97 Å². The zero-order valence-corrected chi connectivity index (χ0v) is 11.3. The number of methoxy groups -OCH3 is 1. The summed E-state index contributed by atoms with van der Waals surface area (Å²) in [6.45, 7) is 0.652. The Morgan fingerprint density at radius 1 is 1.32 bits per heavy atom. The molecule has 2 rings (SSSR count). The lowest BCUT2D eigenvalue weighted by molar-refractivity contribution is 0.397. The van der Waals surface area contributed by atoms with Crippen LogP contribution in [0.15, 0.2) is 36.7 Å². The summed E-state index contributed by atoms with van der Waals surface area (Å²) in [7, 11) is 1.59. The van der Waals surface area contributed by atoms with Crippen molar-refractivity contribution in [2.75, 3.05) is 12.4 Å². The summed E-state index contributed by atoms with van der Waals surface area (Å²) in [5, 5.41) is 3.27. The third kappa shape index (κ3) is 3.62. The topological polar surface area (TPSA) is 73.1 Å². The molecule has 6 heteroatoms. The second-order valence-electron chi connectivity index (χ2n) is 3.85. The molecule has 0 aliphatic carbocycles. The van der Waals surface area contributed by atoms with E-state index in [2.05, 4.69) is 15.3 Å². The number of nitrogens with zero attached hydrogens (tertiary/aromatic N) is 2. The van der Waals surface area contributed by atoms with Gasteiger partial charge in [0.1, 0.15) is 4.99 Å². The lowest BCUT2D eigenvalue weighted by Gasteiger charge is -2.08. The van der Waals surface area contributed by atoms with Gasteiger partial charge >= 0.3 is 0 Å². The molecule has 0 aliphatic heterocycles. The van der Waals surface area contributed by atoms with Gasteiger partial charge in [0.2, 0.25) is 5.88 Å². The Morgan fingerprint density at radius 3 is 2.84 bits per heavy atom. The first kappa shape index (κ1) is 13.2. The van der Waals surface area contributed by atoms with Gasteiger partial charge < -0.3 is 15.8 Å². The third-order valence-electron chi connectivity index (χ3n) is 2.52. The lowest BCUT2D eigenvalue weighted by Crippen LogP contribution is -2.12. The van der Waals surface area contributed by atoms with E-state index in [9.17, 15) is 0 Å². The lowest BCUT2D eigenvalue weighted by atomic mass is 10.2. The van der Waals surface area contributed by atoms with Crippen LogP contribution in [0.5, 0.6) is 5.88 Å². The van der Waals surface area contributed by atoms with E-state index in [1.807, 2.05) is 24.3 Å². The molecular formula is C13H14N4OS.